The van der Waals surface area contributed by atoms with Gasteiger partial charge in [-0.2, -0.15) is 5.10 Å². The summed E-state index contributed by atoms with van der Waals surface area (Å²) >= 11 is 0. The Bertz CT molecular complexity index is 645. The molecule has 1 aliphatic rings. The van der Waals surface area contributed by atoms with E-state index in [-0.39, 0.29) is 0 Å². The Morgan fingerprint density at radius 2 is 2.04 bits per heavy atom. The van der Waals surface area contributed by atoms with E-state index >= 15 is 0 Å². The van der Waals surface area contributed by atoms with E-state index in [9.17, 15) is 0 Å². The normalized spacial score (nSPS) is 15.6. The molecular formula is C19H30N6. The van der Waals surface area contributed by atoms with Crippen LogP contribution >= 0.6 is 0 Å². The lowest BCUT2D eigenvalue weighted by Gasteiger charge is -2.22. The smallest absolute Gasteiger partial charge is 0.223 e. The summed E-state index contributed by atoms with van der Waals surface area (Å²) in [6.45, 7) is 6.23. The first kappa shape index (κ1) is 17.9. The first-order valence-corrected chi connectivity index (χ1v) is 9.58. The molecule has 3 N–H and O–H groups in total. The largest absolute Gasteiger partial charge is 0.354 e. The molecule has 1 fully saturated rings. The Balaban J connectivity index is 1.47. The molecule has 0 bridgehead atoms. The van der Waals surface area contributed by atoms with Gasteiger partial charge in [-0.25, -0.2) is 9.97 Å². The standard InChI is InChI=1S/C19H30N6/c1-14(2)18-16(13-23-25-18)17-9-12-22-19(24-17)21-11-6-10-20-15-7-4-3-5-8-15/h9,12-15,20H,3-8,10-11H2,1-2H3,(H,23,25)(H,21,22,24). The van der Waals surface area contributed by atoms with Crippen molar-refractivity contribution in [3.8, 4) is 11.3 Å². The Morgan fingerprint density at radius 1 is 1.20 bits per heavy atom. The van der Waals surface area contributed by atoms with E-state index in [1.54, 1.807) is 0 Å². The maximum absolute atomic E-state index is 4.64. The summed E-state index contributed by atoms with van der Waals surface area (Å²) in [6, 6.07) is 2.66. The van der Waals surface area contributed by atoms with Gasteiger partial charge in [0, 0.05) is 30.0 Å². The third kappa shape index (κ3) is 5.01. The lowest BCUT2D eigenvalue weighted by atomic mass is 9.95. The molecule has 0 aliphatic heterocycles. The first-order chi connectivity index (χ1) is 12.2. The second-order valence-corrected chi connectivity index (χ2v) is 7.19. The number of H-pyrrole nitrogens is 1. The van der Waals surface area contributed by atoms with E-state index in [2.05, 4.69) is 44.6 Å². The molecule has 0 aromatic carbocycles. The number of rotatable bonds is 8. The summed E-state index contributed by atoms with van der Waals surface area (Å²) in [5.41, 5.74) is 3.08. The minimum absolute atomic E-state index is 0.384. The van der Waals surface area contributed by atoms with Crippen molar-refractivity contribution in [3.05, 3.63) is 24.2 Å². The van der Waals surface area contributed by atoms with Crippen LogP contribution in [0.25, 0.3) is 11.3 Å². The van der Waals surface area contributed by atoms with Crippen LogP contribution in [-0.4, -0.2) is 39.3 Å². The van der Waals surface area contributed by atoms with Gasteiger partial charge in [0.2, 0.25) is 5.95 Å². The van der Waals surface area contributed by atoms with Gasteiger partial charge in [0.15, 0.2) is 0 Å². The van der Waals surface area contributed by atoms with Crippen molar-refractivity contribution in [2.24, 2.45) is 0 Å². The number of aromatic amines is 1. The molecule has 0 saturated heterocycles. The molecule has 136 valence electrons. The highest BCUT2D eigenvalue weighted by molar-refractivity contribution is 5.62. The molecule has 0 radical (unpaired) electrons. The SMILES string of the molecule is CC(C)c1[nH]ncc1-c1ccnc(NCCCNC2CCCCC2)n1. The van der Waals surface area contributed by atoms with Crippen molar-refractivity contribution in [2.45, 2.75) is 64.3 Å². The van der Waals surface area contributed by atoms with E-state index < -0.39 is 0 Å². The van der Waals surface area contributed by atoms with Crippen LogP contribution in [0.2, 0.25) is 0 Å². The fraction of sp³-hybridized carbons (Fsp3) is 0.632. The molecule has 1 aliphatic carbocycles. The monoisotopic (exact) mass is 342 g/mol. The van der Waals surface area contributed by atoms with Crippen LogP contribution < -0.4 is 10.6 Å². The highest BCUT2D eigenvalue weighted by Gasteiger charge is 2.13. The highest BCUT2D eigenvalue weighted by atomic mass is 15.1. The van der Waals surface area contributed by atoms with E-state index in [4.69, 9.17) is 0 Å². The zero-order chi connectivity index (χ0) is 17.5. The predicted molar refractivity (Wildman–Crippen MR) is 102 cm³/mol. The van der Waals surface area contributed by atoms with Crippen LogP contribution in [0.3, 0.4) is 0 Å². The third-order valence-electron chi connectivity index (χ3n) is 4.85. The molecule has 6 nitrogen and oxygen atoms in total. The van der Waals surface area contributed by atoms with Gasteiger partial charge in [0.1, 0.15) is 0 Å². The Labute approximate surface area is 150 Å². The van der Waals surface area contributed by atoms with Crippen LogP contribution in [-0.2, 0) is 0 Å². The summed E-state index contributed by atoms with van der Waals surface area (Å²) in [5.74, 6) is 1.07. The molecule has 2 aromatic heterocycles. The Morgan fingerprint density at radius 3 is 2.84 bits per heavy atom. The molecule has 6 heteroatoms. The molecular weight excluding hydrogens is 312 g/mol. The predicted octanol–water partition coefficient (Wildman–Crippen LogP) is 3.71. The van der Waals surface area contributed by atoms with Crippen LogP contribution in [0.5, 0.6) is 0 Å². The van der Waals surface area contributed by atoms with Crippen LogP contribution in [0, 0.1) is 0 Å². The fourth-order valence-corrected chi connectivity index (χ4v) is 3.44. The van der Waals surface area contributed by atoms with Gasteiger partial charge >= 0.3 is 0 Å². The highest BCUT2D eigenvalue weighted by Crippen LogP contribution is 2.25. The summed E-state index contributed by atoms with van der Waals surface area (Å²) in [5, 5.41) is 14.3. The number of aromatic nitrogens is 4. The summed E-state index contributed by atoms with van der Waals surface area (Å²) in [6.07, 6.45) is 11.6. The minimum Gasteiger partial charge on any atom is -0.354 e. The minimum atomic E-state index is 0.384. The molecule has 0 amide bonds. The van der Waals surface area contributed by atoms with Crippen LogP contribution in [0.4, 0.5) is 5.95 Å². The number of nitrogens with one attached hydrogen (secondary N) is 3. The molecule has 25 heavy (non-hydrogen) atoms. The first-order valence-electron chi connectivity index (χ1n) is 9.58. The maximum Gasteiger partial charge on any atom is 0.223 e. The molecule has 2 aromatic rings. The van der Waals surface area contributed by atoms with E-state index in [1.165, 1.54) is 32.1 Å². The zero-order valence-corrected chi connectivity index (χ0v) is 15.4. The number of hydrogen-bond donors (Lipinski definition) is 3. The van der Waals surface area contributed by atoms with Gasteiger partial charge in [-0.05, 0) is 37.8 Å². The summed E-state index contributed by atoms with van der Waals surface area (Å²) in [7, 11) is 0. The van der Waals surface area contributed by atoms with E-state index in [1.807, 2.05) is 18.5 Å². The van der Waals surface area contributed by atoms with Crippen LogP contribution in [0.1, 0.15) is 64.0 Å². The van der Waals surface area contributed by atoms with Gasteiger partial charge in [-0.3, -0.25) is 5.10 Å². The van der Waals surface area contributed by atoms with Crippen molar-refractivity contribution in [1.82, 2.24) is 25.5 Å². The third-order valence-corrected chi connectivity index (χ3v) is 4.85. The van der Waals surface area contributed by atoms with Gasteiger partial charge in [0.05, 0.1) is 11.9 Å². The van der Waals surface area contributed by atoms with Crippen molar-refractivity contribution in [1.29, 1.82) is 0 Å². The molecule has 0 unspecified atom stereocenters. The van der Waals surface area contributed by atoms with Crippen molar-refractivity contribution in [2.75, 3.05) is 18.4 Å². The second-order valence-electron chi connectivity index (χ2n) is 7.19. The second kappa shape index (κ2) is 8.94. The molecule has 1 saturated carbocycles. The van der Waals surface area contributed by atoms with Gasteiger partial charge in [0.25, 0.3) is 0 Å². The topological polar surface area (TPSA) is 78.5 Å². The Hall–Kier alpha value is -1.95. The molecule has 0 atom stereocenters. The summed E-state index contributed by atoms with van der Waals surface area (Å²) < 4.78 is 0. The maximum atomic E-state index is 4.64. The number of anilines is 1. The van der Waals surface area contributed by atoms with Crippen LogP contribution in [0.15, 0.2) is 18.5 Å². The molecule has 3 rings (SSSR count). The van der Waals surface area contributed by atoms with E-state index in [0.29, 0.717) is 11.9 Å². The van der Waals surface area contributed by atoms with Crippen molar-refractivity contribution >= 4 is 5.95 Å². The lowest BCUT2D eigenvalue weighted by molar-refractivity contribution is 0.373. The van der Waals surface area contributed by atoms with E-state index in [0.717, 1.165) is 42.5 Å². The molecule has 0 spiro atoms. The molecule has 2 heterocycles. The van der Waals surface area contributed by atoms with Gasteiger partial charge < -0.3 is 10.6 Å². The van der Waals surface area contributed by atoms with Crippen molar-refractivity contribution in [3.63, 3.8) is 0 Å². The quantitative estimate of drug-likeness (QED) is 0.637. The lowest BCUT2D eigenvalue weighted by Crippen LogP contribution is -2.32. The summed E-state index contributed by atoms with van der Waals surface area (Å²) in [4.78, 5) is 8.98. The average molecular weight is 342 g/mol. The average Bonchev–Trinajstić information content (AvgIpc) is 3.13. The zero-order valence-electron chi connectivity index (χ0n) is 15.4. The van der Waals surface area contributed by atoms with Crippen molar-refractivity contribution < 1.29 is 0 Å². The number of nitrogens with zero attached hydrogens (tertiary/aromatic N) is 3. The number of hydrogen-bond acceptors (Lipinski definition) is 5. The fourth-order valence-electron chi connectivity index (χ4n) is 3.44. The van der Waals surface area contributed by atoms with Gasteiger partial charge in [-0.15, -0.1) is 0 Å². The Kier molecular flexibility index (Phi) is 6.39. The van der Waals surface area contributed by atoms with Gasteiger partial charge in [-0.1, -0.05) is 33.1 Å².